The molecule has 194 valence electrons. The summed E-state index contributed by atoms with van der Waals surface area (Å²) in [7, 11) is 5.87. The third-order valence-corrected chi connectivity index (χ3v) is 7.82. The number of aryl methyl sites for hydroxylation is 2. The quantitative estimate of drug-likeness (QED) is 0.369. The lowest BCUT2D eigenvalue weighted by Gasteiger charge is -2.24. The van der Waals surface area contributed by atoms with Crippen molar-refractivity contribution >= 4 is 33.9 Å². The molecule has 1 saturated heterocycles. The van der Waals surface area contributed by atoms with Crippen molar-refractivity contribution in [2.45, 2.75) is 31.8 Å². The minimum Gasteiger partial charge on any atom is -0.494 e. The smallest absolute Gasteiger partial charge is 0.227 e. The van der Waals surface area contributed by atoms with Gasteiger partial charge in [0.05, 0.1) is 47.1 Å². The number of rotatable bonds is 6. The van der Waals surface area contributed by atoms with Crippen LogP contribution in [0.15, 0.2) is 42.7 Å². The molecular formula is C29H32N8O. The third kappa shape index (κ3) is 4.07. The monoisotopic (exact) mass is 508 g/mol. The van der Waals surface area contributed by atoms with Crippen LogP contribution in [0.3, 0.4) is 0 Å². The first kappa shape index (κ1) is 24.1. The van der Waals surface area contributed by atoms with Gasteiger partial charge in [-0.15, -0.1) is 0 Å². The Balaban J connectivity index is 1.36. The van der Waals surface area contributed by atoms with Crippen LogP contribution in [-0.2, 0) is 13.0 Å². The molecule has 2 aliphatic rings. The number of nitrogens with zero attached hydrogens (tertiary/aromatic N) is 6. The highest BCUT2D eigenvalue weighted by Gasteiger charge is 2.26. The summed E-state index contributed by atoms with van der Waals surface area (Å²) in [6, 6.07) is 13.0. The fraction of sp³-hybridized carbons (Fsp3) is 0.345. The van der Waals surface area contributed by atoms with E-state index in [-0.39, 0.29) is 0 Å². The number of nitrogen functional groups attached to an aromatic ring is 1. The van der Waals surface area contributed by atoms with Crippen molar-refractivity contribution in [3.63, 3.8) is 0 Å². The zero-order valence-corrected chi connectivity index (χ0v) is 22.0. The van der Waals surface area contributed by atoms with E-state index in [1.54, 1.807) is 13.3 Å². The van der Waals surface area contributed by atoms with Crippen LogP contribution in [0.25, 0.3) is 22.2 Å². The average Bonchev–Trinajstić information content (AvgIpc) is 3.56. The summed E-state index contributed by atoms with van der Waals surface area (Å²) in [4.78, 5) is 13.8. The third-order valence-electron chi connectivity index (χ3n) is 7.82. The highest BCUT2D eigenvalue weighted by Crippen LogP contribution is 2.39. The minimum absolute atomic E-state index is 0.380. The van der Waals surface area contributed by atoms with E-state index in [1.807, 2.05) is 12.1 Å². The van der Waals surface area contributed by atoms with Crippen LogP contribution in [0.1, 0.15) is 24.0 Å². The van der Waals surface area contributed by atoms with E-state index in [9.17, 15) is 5.26 Å². The zero-order valence-electron chi connectivity index (χ0n) is 22.0. The Hall–Kier alpha value is -4.29. The van der Waals surface area contributed by atoms with Crippen molar-refractivity contribution in [2.75, 3.05) is 50.2 Å². The van der Waals surface area contributed by atoms with Crippen LogP contribution in [0.4, 0.5) is 23.0 Å². The van der Waals surface area contributed by atoms with Crippen molar-refractivity contribution in [1.29, 1.82) is 5.26 Å². The summed E-state index contributed by atoms with van der Waals surface area (Å²) in [6.07, 6.45) is 6.95. The number of ether oxygens (including phenoxy) is 1. The zero-order chi connectivity index (χ0) is 26.4. The van der Waals surface area contributed by atoms with E-state index in [2.05, 4.69) is 69.2 Å². The SMILES string of the molecule is COc1cc(N2CCC(N(C)C)C2)c(N)cc1Nc1ncc(C#N)c(-c2cn3c4c(cccc24)CCC3)n1. The number of nitrogens with two attached hydrogens (primary N) is 1. The summed E-state index contributed by atoms with van der Waals surface area (Å²) in [5, 5.41) is 14.3. The highest BCUT2D eigenvalue weighted by atomic mass is 16.5. The summed E-state index contributed by atoms with van der Waals surface area (Å²) in [5.74, 6) is 1.04. The van der Waals surface area contributed by atoms with Gasteiger partial charge in [0.1, 0.15) is 11.8 Å². The fourth-order valence-corrected chi connectivity index (χ4v) is 5.80. The van der Waals surface area contributed by atoms with Crippen LogP contribution >= 0.6 is 0 Å². The maximum Gasteiger partial charge on any atom is 0.227 e. The van der Waals surface area contributed by atoms with Gasteiger partial charge in [-0.25, -0.2) is 9.97 Å². The van der Waals surface area contributed by atoms with E-state index in [4.69, 9.17) is 15.5 Å². The number of hydrogen-bond acceptors (Lipinski definition) is 8. The fourth-order valence-electron chi connectivity index (χ4n) is 5.80. The predicted octanol–water partition coefficient (Wildman–Crippen LogP) is 4.39. The maximum atomic E-state index is 9.87. The number of nitrogens with one attached hydrogen (secondary N) is 1. The molecule has 3 N–H and O–H groups in total. The summed E-state index contributed by atoms with van der Waals surface area (Å²) >= 11 is 0. The van der Waals surface area contributed by atoms with Gasteiger partial charge in [-0.1, -0.05) is 18.2 Å². The second-order valence-corrected chi connectivity index (χ2v) is 10.3. The number of anilines is 4. The molecule has 2 aromatic heterocycles. The summed E-state index contributed by atoms with van der Waals surface area (Å²) < 4.78 is 8.02. The van der Waals surface area contributed by atoms with E-state index < -0.39 is 0 Å². The molecule has 0 aliphatic carbocycles. The van der Waals surface area contributed by atoms with Gasteiger partial charge in [-0.2, -0.15) is 5.26 Å². The number of para-hydroxylation sites is 1. The van der Waals surface area contributed by atoms with E-state index in [0.717, 1.165) is 55.5 Å². The molecule has 9 heteroatoms. The molecule has 0 saturated carbocycles. The molecule has 1 unspecified atom stereocenters. The standard InChI is InChI=1S/C29H32N8O/c1-35(2)20-9-11-36(16-20)25-13-26(38-3)24(12-23(25)31)33-29-32-15-19(14-30)27(34-29)22-17-37-10-5-7-18-6-4-8-21(22)28(18)37/h4,6,8,12-13,15,17,20H,5,7,9-11,16,31H2,1-3H3,(H,32,33,34). The Labute approximate surface area is 222 Å². The molecule has 0 radical (unpaired) electrons. The number of aromatic nitrogens is 3. The van der Waals surface area contributed by atoms with Gasteiger partial charge in [-0.05, 0) is 45.0 Å². The molecule has 6 rings (SSSR count). The Bertz CT molecular complexity index is 1570. The van der Waals surface area contributed by atoms with Crippen LogP contribution in [0, 0.1) is 11.3 Å². The molecule has 9 nitrogen and oxygen atoms in total. The molecule has 0 spiro atoms. The Morgan fingerprint density at radius 1 is 1.24 bits per heavy atom. The normalized spacial score (nSPS) is 16.7. The van der Waals surface area contributed by atoms with Gasteiger partial charge in [0.2, 0.25) is 5.95 Å². The molecule has 1 atom stereocenters. The maximum absolute atomic E-state index is 9.87. The Morgan fingerprint density at radius 2 is 2.11 bits per heavy atom. The first-order chi connectivity index (χ1) is 18.5. The van der Waals surface area contributed by atoms with Crippen LogP contribution in [0.5, 0.6) is 5.75 Å². The molecule has 38 heavy (non-hydrogen) atoms. The second kappa shape index (κ2) is 9.54. The molecule has 2 aromatic carbocycles. The summed E-state index contributed by atoms with van der Waals surface area (Å²) in [6.45, 7) is 2.83. The number of likely N-dealkylation sites (N-methyl/N-ethyl adjacent to an activating group) is 1. The lowest BCUT2D eigenvalue weighted by atomic mass is 10.0. The average molecular weight is 509 g/mol. The van der Waals surface area contributed by atoms with Gasteiger partial charge in [-0.3, -0.25) is 0 Å². The highest BCUT2D eigenvalue weighted by molar-refractivity contribution is 5.98. The van der Waals surface area contributed by atoms with Crippen molar-refractivity contribution in [2.24, 2.45) is 0 Å². The first-order valence-corrected chi connectivity index (χ1v) is 13.0. The van der Waals surface area contributed by atoms with Crippen LogP contribution in [0.2, 0.25) is 0 Å². The number of hydrogen-bond donors (Lipinski definition) is 2. The van der Waals surface area contributed by atoms with Crippen LogP contribution in [-0.4, -0.2) is 59.8 Å². The molecule has 4 aromatic rings. The van der Waals surface area contributed by atoms with Gasteiger partial charge in [0.15, 0.2) is 0 Å². The topological polar surface area (TPSA) is 108 Å². The number of benzene rings is 2. The van der Waals surface area contributed by atoms with Crippen molar-refractivity contribution < 1.29 is 4.74 Å². The van der Waals surface area contributed by atoms with Gasteiger partial charge in [0.25, 0.3) is 0 Å². The number of nitriles is 1. The van der Waals surface area contributed by atoms with Crippen molar-refractivity contribution in [3.8, 4) is 23.1 Å². The molecule has 0 bridgehead atoms. The van der Waals surface area contributed by atoms with Crippen molar-refractivity contribution in [3.05, 3.63) is 53.9 Å². The van der Waals surface area contributed by atoms with E-state index in [0.29, 0.717) is 40.4 Å². The molecule has 0 amide bonds. The molecule has 2 aliphatic heterocycles. The second-order valence-electron chi connectivity index (χ2n) is 10.3. The van der Waals surface area contributed by atoms with Gasteiger partial charge in [0, 0.05) is 48.9 Å². The lowest BCUT2D eigenvalue weighted by Crippen LogP contribution is -2.31. The predicted molar refractivity (Wildman–Crippen MR) is 151 cm³/mol. The summed E-state index contributed by atoms with van der Waals surface area (Å²) in [5.41, 5.74) is 13.4. The molecule has 4 heterocycles. The largest absolute Gasteiger partial charge is 0.494 e. The minimum atomic E-state index is 0.380. The van der Waals surface area contributed by atoms with Crippen LogP contribution < -0.4 is 20.7 Å². The van der Waals surface area contributed by atoms with E-state index in [1.165, 1.54) is 11.1 Å². The Morgan fingerprint density at radius 3 is 2.87 bits per heavy atom. The number of methoxy groups -OCH3 is 1. The van der Waals surface area contributed by atoms with Crippen molar-refractivity contribution in [1.82, 2.24) is 19.4 Å². The van der Waals surface area contributed by atoms with Gasteiger partial charge >= 0.3 is 0 Å². The van der Waals surface area contributed by atoms with Gasteiger partial charge < -0.3 is 30.2 Å². The van der Waals surface area contributed by atoms with E-state index >= 15 is 0 Å². The lowest BCUT2D eigenvalue weighted by molar-refractivity contribution is 0.315. The molecule has 1 fully saturated rings. The molecular weight excluding hydrogens is 476 g/mol. The first-order valence-electron chi connectivity index (χ1n) is 13.0. The Kier molecular flexibility index (Phi) is 6.04.